The number of pyridine rings is 1. The van der Waals surface area contributed by atoms with E-state index in [1.165, 1.54) is 30.5 Å². The summed E-state index contributed by atoms with van der Waals surface area (Å²) in [6.07, 6.45) is 4.51. The Kier molecular flexibility index (Phi) is 11.4. The monoisotopic (exact) mass is 654 g/mol. The zero-order valence-electron chi connectivity index (χ0n) is 27.1. The molecule has 2 aliphatic rings. The molecule has 0 bridgehead atoms. The normalized spacial score (nSPS) is 15.4. The number of benzene rings is 1. The van der Waals surface area contributed by atoms with Crippen LogP contribution in [0.2, 0.25) is 0 Å². The third kappa shape index (κ3) is 7.13. The Balaban J connectivity index is 0.00000173. The smallest absolute Gasteiger partial charge is 0.440 e. The minimum atomic E-state index is -4.73. The van der Waals surface area contributed by atoms with Gasteiger partial charge in [-0.05, 0) is 48.4 Å². The molecule has 14 heteroatoms. The molecular weight excluding hydrogens is 620 g/mol. The zero-order chi connectivity index (χ0) is 31.1. The van der Waals surface area contributed by atoms with Gasteiger partial charge >= 0.3 is 25.0 Å². The first-order valence-corrected chi connectivity index (χ1v) is 14.8. The quantitative estimate of drug-likeness (QED) is 0.214. The van der Waals surface area contributed by atoms with Crippen LogP contribution in [0.15, 0.2) is 58.0 Å². The Morgan fingerprint density at radius 3 is 2.50 bits per heavy atom. The van der Waals surface area contributed by atoms with E-state index in [0.717, 1.165) is 44.4 Å². The van der Waals surface area contributed by atoms with Crippen LogP contribution in [0.25, 0.3) is 33.1 Å². The van der Waals surface area contributed by atoms with Gasteiger partial charge < -0.3 is 43.6 Å². The molecule has 10 nitrogen and oxygen atoms in total. The van der Waals surface area contributed by atoms with Gasteiger partial charge in [-0.1, -0.05) is 24.6 Å². The Labute approximate surface area is 287 Å². The largest absolute Gasteiger partial charge is 1.00 e. The Hall–Kier alpha value is -4.18. The van der Waals surface area contributed by atoms with Gasteiger partial charge in [0, 0.05) is 56.0 Å². The second-order valence-electron chi connectivity index (χ2n) is 11.3. The molecule has 1 N–H and O–H groups in total. The van der Waals surface area contributed by atoms with E-state index in [2.05, 4.69) is 20.3 Å². The van der Waals surface area contributed by atoms with Crippen molar-refractivity contribution in [3.8, 4) is 11.1 Å². The summed E-state index contributed by atoms with van der Waals surface area (Å²) in [5, 5.41) is 3.70. The Bertz CT molecular complexity index is 1970. The van der Waals surface area contributed by atoms with E-state index in [-0.39, 0.29) is 79.0 Å². The van der Waals surface area contributed by atoms with E-state index >= 15 is 0 Å². The van der Waals surface area contributed by atoms with Gasteiger partial charge in [-0.3, -0.25) is 4.79 Å². The molecule has 0 spiro atoms. The number of anilines is 3. The molecule has 0 unspecified atom stereocenters. The molecule has 5 aromatic rings. The molecule has 1 aromatic carbocycles. The third-order valence-corrected chi connectivity index (χ3v) is 8.38. The second-order valence-corrected chi connectivity index (χ2v) is 11.3. The summed E-state index contributed by atoms with van der Waals surface area (Å²) < 4.78 is 56.7. The molecule has 1 aliphatic carbocycles. The van der Waals surface area contributed by atoms with Crippen molar-refractivity contribution in [2.24, 2.45) is 0 Å². The summed E-state index contributed by atoms with van der Waals surface area (Å²) in [6, 6.07) is 8.41. The van der Waals surface area contributed by atoms with E-state index in [4.69, 9.17) is 9.15 Å². The van der Waals surface area contributed by atoms with Gasteiger partial charge in [-0.25, -0.2) is 9.97 Å². The maximum atomic E-state index is 14.4. The number of hydrogen-bond donors (Lipinski definition) is 1. The summed E-state index contributed by atoms with van der Waals surface area (Å²) in [4.78, 5) is 39.4. The topological polar surface area (TPSA) is 115 Å². The number of aromatic nitrogens is 4. The molecule has 5 heterocycles. The van der Waals surface area contributed by atoms with Crippen LogP contribution in [0.4, 0.5) is 30.8 Å². The van der Waals surface area contributed by atoms with Gasteiger partial charge in [0.25, 0.3) is 0 Å². The summed E-state index contributed by atoms with van der Waals surface area (Å²) in [5.41, 5.74) is -0.156. The van der Waals surface area contributed by atoms with Gasteiger partial charge in [0.1, 0.15) is 17.0 Å². The van der Waals surface area contributed by atoms with Crippen molar-refractivity contribution in [2.45, 2.75) is 44.3 Å². The fourth-order valence-electron chi connectivity index (χ4n) is 6.21. The maximum absolute atomic E-state index is 14.4. The Morgan fingerprint density at radius 1 is 0.958 bits per heavy atom. The average molecular weight is 655 g/mol. The molecule has 1 aliphatic heterocycles. The number of alkyl halides is 3. The summed E-state index contributed by atoms with van der Waals surface area (Å²) in [7, 11) is 0. The van der Waals surface area contributed by atoms with Crippen molar-refractivity contribution in [2.75, 3.05) is 36.5 Å². The van der Waals surface area contributed by atoms with Gasteiger partial charge in [0.2, 0.25) is 5.95 Å². The summed E-state index contributed by atoms with van der Waals surface area (Å²) >= 11 is 0. The maximum Gasteiger partial charge on any atom is 1.00 e. The number of ether oxygens (including phenoxy) is 1. The average Bonchev–Trinajstić information content (AvgIpc) is 3.59. The van der Waals surface area contributed by atoms with Crippen LogP contribution < -0.4 is 34.5 Å². The molecule has 0 amide bonds. The van der Waals surface area contributed by atoms with Crippen molar-refractivity contribution < 1.29 is 46.0 Å². The van der Waals surface area contributed by atoms with Gasteiger partial charge in [0.05, 0.1) is 17.6 Å². The molecular formula is C34H34F3LiN6O4-2. The molecule has 7 rings (SSSR count). The van der Waals surface area contributed by atoms with Crippen LogP contribution in [0.5, 0.6) is 0 Å². The van der Waals surface area contributed by atoms with E-state index in [1.807, 2.05) is 15.8 Å². The number of fused-ring (bicyclic) bond motifs is 2. The van der Waals surface area contributed by atoms with Crippen molar-refractivity contribution in [1.82, 2.24) is 19.5 Å². The number of nitrogens with one attached hydrogen (secondary N) is 1. The van der Waals surface area contributed by atoms with Crippen molar-refractivity contribution >= 4 is 45.9 Å². The number of rotatable bonds is 6. The molecule has 2 fully saturated rings. The molecule has 1 saturated heterocycles. The predicted molar refractivity (Wildman–Crippen MR) is 174 cm³/mol. The molecule has 248 valence electrons. The van der Waals surface area contributed by atoms with E-state index in [1.54, 1.807) is 6.07 Å². The molecule has 48 heavy (non-hydrogen) atoms. The van der Waals surface area contributed by atoms with Gasteiger partial charge in [-0.15, -0.1) is 0 Å². The van der Waals surface area contributed by atoms with Crippen LogP contribution in [-0.2, 0) is 15.7 Å². The molecule has 4 aromatic heterocycles. The molecule has 0 radical (unpaired) electrons. The van der Waals surface area contributed by atoms with Crippen molar-refractivity contribution in [3.05, 3.63) is 85.1 Å². The van der Waals surface area contributed by atoms with Crippen molar-refractivity contribution in [3.63, 3.8) is 0 Å². The predicted octanol–water partition coefficient (Wildman–Crippen LogP) is 4.07. The number of hydrogen-bond acceptors (Lipinski definition) is 9. The van der Waals surface area contributed by atoms with E-state index in [9.17, 15) is 22.8 Å². The minimum absolute atomic E-state index is 0. The van der Waals surface area contributed by atoms with E-state index < -0.39 is 11.7 Å². The van der Waals surface area contributed by atoms with Gasteiger partial charge in [-0.2, -0.15) is 24.2 Å². The fourth-order valence-corrected chi connectivity index (χ4v) is 6.21. The first-order valence-electron chi connectivity index (χ1n) is 14.8. The zero-order valence-corrected chi connectivity index (χ0v) is 27.1. The summed E-state index contributed by atoms with van der Waals surface area (Å²) in [6.45, 7) is 2.24. The first-order chi connectivity index (χ1) is 21.8. The first kappa shape index (κ1) is 36.6. The van der Waals surface area contributed by atoms with Crippen LogP contribution >= 0.6 is 0 Å². The molecule has 0 atom stereocenters. The molecule has 1 saturated carbocycles. The van der Waals surface area contributed by atoms with Crippen molar-refractivity contribution in [1.29, 1.82) is 0 Å². The Morgan fingerprint density at radius 2 is 1.75 bits per heavy atom. The number of carbonyl (C=O) groups excluding carboxylic acids is 1. The second kappa shape index (κ2) is 14.9. The third-order valence-electron chi connectivity index (χ3n) is 8.38. The number of nitrogens with zero attached hydrogens (tertiary/aromatic N) is 5. The van der Waals surface area contributed by atoms with Crippen LogP contribution in [-0.4, -0.2) is 52.1 Å². The minimum Gasteiger partial charge on any atom is -0.440 e. The standard InChI is InChI=1S/C32H28F3N6O4.2CH3.Li/c33-32(34,35)25-14-28(38-31-37-16-20-12-22(18-42)41(30(20)39-31)21-4-1-2-5-21)36-17-24(25)19-6-7-23-26(43)15-29(45-27(23)13-19)40-8-3-10-44-11-9-40;;;/h6-7,12-17,21H,1-5,8-11H2,(H,36,37,38,39);2*1H3;/q3*-1;+1. The van der Waals surface area contributed by atoms with Gasteiger partial charge in [0.15, 0.2) is 11.3 Å². The van der Waals surface area contributed by atoms with Crippen LogP contribution in [0.3, 0.4) is 0 Å². The SMILES string of the molecule is O=[C-]c1cc2cnc(Nc3cc(C(F)(F)F)c(-c4ccc5c(=O)cc(N6CCCOCC6)oc5c4)cn3)nc2n1C1CCCC1.[CH3-].[CH3-].[Li+]. The number of halogens is 3. The fraction of sp³-hybridized carbons (Fsp3) is 0.324. The summed E-state index contributed by atoms with van der Waals surface area (Å²) in [5.74, 6) is 0.284. The van der Waals surface area contributed by atoms with Crippen LogP contribution in [0, 0.1) is 14.9 Å². The van der Waals surface area contributed by atoms with E-state index in [0.29, 0.717) is 48.9 Å². The van der Waals surface area contributed by atoms with Crippen LogP contribution in [0.1, 0.15) is 49.4 Å².